The van der Waals surface area contributed by atoms with Gasteiger partial charge in [0.25, 0.3) is 5.91 Å². The molecule has 0 spiro atoms. The van der Waals surface area contributed by atoms with Crippen LogP contribution >= 0.6 is 11.8 Å². The van der Waals surface area contributed by atoms with Crippen LogP contribution in [0, 0.1) is 0 Å². The number of hydrogen-bond acceptors (Lipinski definition) is 3. The molecule has 2 heterocycles. The number of hydrogen-bond donors (Lipinski definition) is 3. The summed E-state index contributed by atoms with van der Waals surface area (Å²) in [6, 6.07) is 5.74. The van der Waals surface area contributed by atoms with Crippen molar-refractivity contribution in [3.05, 3.63) is 23.8 Å². The van der Waals surface area contributed by atoms with Gasteiger partial charge in [0.2, 0.25) is 0 Å². The van der Waals surface area contributed by atoms with Crippen LogP contribution in [0.2, 0.25) is 0 Å². The number of thioether (sulfide) groups is 1. The summed E-state index contributed by atoms with van der Waals surface area (Å²) in [6.07, 6.45) is 2.02. The fourth-order valence-corrected chi connectivity index (χ4v) is 2.63. The Kier molecular flexibility index (Phi) is 2.07. The molecule has 1 amide bonds. The Morgan fingerprint density at radius 1 is 1.31 bits per heavy atom. The number of aromatic amines is 1. The van der Waals surface area contributed by atoms with Crippen LogP contribution < -0.4 is 10.6 Å². The van der Waals surface area contributed by atoms with Crippen LogP contribution in [0.15, 0.2) is 23.2 Å². The van der Waals surface area contributed by atoms with E-state index in [4.69, 9.17) is 0 Å². The lowest BCUT2D eigenvalue weighted by Gasteiger charge is -2.03. The summed E-state index contributed by atoms with van der Waals surface area (Å²) in [5.74, 6) is -0.0245. The maximum absolute atomic E-state index is 11.8. The highest BCUT2D eigenvalue weighted by Gasteiger charge is 2.20. The molecule has 1 aliphatic rings. The summed E-state index contributed by atoms with van der Waals surface area (Å²) in [5, 5.41) is 8.11. The van der Waals surface area contributed by atoms with Gasteiger partial charge in [-0.3, -0.25) is 4.79 Å². The SMILES string of the molecule is CSc1[nH]c2cccc3c2c1NCNC3=O. The van der Waals surface area contributed by atoms with Crippen molar-refractivity contribution in [2.75, 3.05) is 18.2 Å². The topological polar surface area (TPSA) is 56.9 Å². The van der Waals surface area contributed by atoms with E-state index >= 15 is 0 Å². The number of nitrogens with one attached hydrogen (secondary N) is 3. The third-order valence-electron chi connectivity index (χ3n) is 2.75. The average molecular weight is 233 g/mol. The first-order valence-electron chi connectivity index (χ1n) is 5.02. The Labute approximate surface area is 96.8 Å². The third-order valence-corrected chi connectivity index (χ3v) is 3.47. The summed E-state index contributed by atoms with van der Waals surface area (Å²) in [7, 11) is 0. The first-order valence-corrected chi connectivity index (χ1v) is 6.24. The smallest absolute Gasteiger partial charge is 0.253 e. The Balaban J connectivity index is 2.41. The molecule has 16 heavy (non-hydrogen) atoms. The highest BCUT2D eigenvalue weighted by atomic mass is 32.2. The number of anilines is 1. The van der Waals surface area contributed by atoms with Crippen molar-refractivity contribution in [3.63, 3.8) is 0 Å². The van der Waals surface area contributed by atoms with Gasteiger partial charge in [0.1, 0.15) is 0 Å². The summed E-state index contributed by atoms with van der Waals surface area (Å²) < 4.78 is 0. The van der Waals surface area contributed by atoms with Gasteiger partial charge in [-0.15, -0.1) is 11.8 Å². The van der Waals surface area contributed by atoms with Crippen LogP contribution in [0.5, 0.6) is 0 Å². The van der Waals surface area contributed by atoms with Gasteiger partial charge < -0.3 is 15.6 Å². The maximum atomic E-state index is 11.8. The highest BCUT2D eigenvalue weighted by Crippen LogP contribution is 2.36. The van der Waals surface area contributed by atoms with Gasteiger partial charge in [0.05, 0.1) is 22.9 Å². The van der Waals surface area contributed by atoms with Crippen molar-refractivity contribution in [1.82, 2.24) is 10.3 Å². The number of carbonyl (C=O) groups excluding carboxylic acids is 1. The first-order chi connectivity index (χ1) is 7.81. The van der Waals surface area contributed by atoms with Crippen LogP contribution in [0.3, 0.4) is 0 Å². The number of benzene rings is 1. The average Bonchev–Trinajstić information content (AvgIpc) is 2.57. The molecule has 3 rings (SSSR count). The summed E-state index contributed by atoms with van der Waals surface area (Å²) in [5.41, 5.74) is 2.76. The second kappa shape index (κ2) is 3.45. The molecule has 0 aliphatic carbocycles. The Hall–Kier alpha value is -1.62. The van der Waals surface area contributed by atoms with E-state index < -0.39 is 0 Å². The van der Waals surface area contributed by atoms with E-state index in [1.165, 1.54) is 0 Å². The minimum absolute atomic E-state index is 0.0245. The molecule has 0 radical (unpaired) electrons. The standard InChI is InChI=1S/C11H11N3OS/c1-16-11-9-8-6(10(15)13-5-12-9)3-2-4-7(8)14-11/h2-4,12,14H,5H2,1H3,(H,13,15). The molecule has 0 saturated heterocycles. The Bertz CT molecular complexity index is 576. The van der Waals surface area contributed by atoms with Gasteiger partial charge in [-0.1, -0.05) is 6.07 Å². The maximum Gasteiger partial charge on any atom is 0.253 e. The van der Waals surface area contributed by atoms with Crippen LogP contribution in [-0.4, -0.2) is 23.8 Å². The van der Waals surface area contributed by atoms with Gasteiger partial charge in [-0.25, -0.2) is 0 Å². The molecule has 5 heteroatoms. The molecule has 1 aromatic heterocycles. The monoisotopic (exact) mass is 233 g/mol. The molecule has 0 saturated carbocycles. The number of H-pyrrole nitrogens is 1. The zero-order chi connectivity index (χ0) is 11.1. The van der Waals surface area contributed by atoms with Gasteiger partial charge in [-0.05, 0) is 18.4 Å². The molecule has 82 valence electrons. The van der Waals surface area contributed by atoms with E-state index in [0.29, 0.717) is 6.67 Å². The van der Waals surface area contributed by atoms with Crippen LogP contribution in [0.4, 0.5) is 5.69 Å². The van der Waals surface area contributed by atoms with E-state index in [9.17, 15) is 4.79 Å². The molecule has 0 unspecified atom stereocenters. The Morgan fingerprint density at radius 2 is 2.19 bits per heavy atom. The largest absolute Gasteiger partial charge is 0.365 e. The highest BCUT2D eigenvalue weighted by molar-refractivity contribution is 7.98. The van der Waals surface area contributed by atoms with E-state index in [1.54, 1.807) is 11.8 Å². The number of aromatic nitrogens is 1. The van der Waals surface area contributed by atoms with E-state index in [0.717, 1.165) is 27.2 Å². The zero-order valence-corrected chi connectivity index (χ0v) is 9.57. The molecular weight excluding hydrogens is 222 g/mol. The first kappa shape index (κ1) is 9.59. The quantitative estimate of drug-likeness (QED) is 0.660. The summed E-state index contributed by atoms with van der Waals surface area (Å²) in [6.45, 7) is 0.466. The van der Waals surface area contributed by atoms with E-state index in [2.05, 4.69) is 15.6 Å². The van der Waals surface area contributed by atoms with Gasteiger partial charge in [0.15, 0.2) is 0 Å². The molecule has 0 atom stereocenters. The summed E-state index contributed by atoms with van der Waals surface area (Å²) >= 11 is 1.64. The number of amides is 1. The second-order valence-electron chi connectivity index (χ2n) is 3.62. The molecule has 4 nitrogen and oxygen atoms in total. The molecule has 1 aliphatic heterocycles. The van der Waals surface area contributed by atoms with Crippen LogP contribution in [-0.2, 0) is 0 Å². The van der Waals surface area contributed by atoms with Gasteiger partial charge >= 0.3 is 0 Å². The van der Waals surface area contributed by atoms with Crippen molar-refractivity contribution in [2.24, 2.45) is 0 Å². The third kappa shape index (κ3) is 1.21. The van der Waals surface area contributed by atoms with Gasteiger partial charge in [-0.2, -0.15) is 0 Å². The van der Waals surface area contributed by atoms with Crippen LogP contribution in [0.1, 0.15) is 10.4 Å². The lowest BCUT2D eigenvalue weighted by Crippen LogP contribution is -2.26. The Morgan fingerprint density at radius 3 is 3.00 bits per heavy atom. The minimum Gasteiger partial charge on any atom is -0.365 e. The molecular formula is C11H11N3OS. The fourth-order valence-electron chi connectivity index (χ4n) is 2.04. The van der Waals surface area contributed by atoms with Crippen LogP contribution in [0.25, 0.3) is 10.9 Å². The molecule has 0 bridgehead atoms. The molecule has 2 aromatic rings. The van der Waals surface area contributed by atoms with E-state index in [-0.39, 0.29) is 5.91 Å². The second-order valence-corrected chi connectivity index (χ2v) is 4.44. The fraction of sp³-hybridized carbons (Fsp3) is 0.182. The minimum atomic E-state index is -0.0245. The normalized spacial score (nSPS) is 14.4. The number of rotatable bonds is 1. The predicted molar refractivity (Wildman–Crippen MR) is 66.0 cm³/mol. The zero-order valence-electron chi connectivity index (χ0n) is 8.76. The van der Waals surface area contributed by atoms with Crippen molar-refractivity contribution >= 4 is 34.3 Å². The molecule has 1 aromatic carbocycles. The van der Waals surface area contributed by atoms with Crippen molar-refractivity contribution < 1.29 is 4.79 Å². The molecule has 0 fully saturated rings. The number of carbonyl (C=O) groups is 1. The van der Waals surface area contributed by atoms with Gasteiger partial charge in [0, 0.05) is 10.9 Å². The van der Waals surface area contributed by atoms with Crippen molar-refractivity contribution in [2.45, 2.75) is 5.03 Å². The lowest BCUT2D eigenvalue weighted by molar-refractivity contribution is 0.0959. The van der Waals surface area contributed by atoms with Crippen molar-refractivity contribution in [1.29, 1.82) is 0 Å². The van der Waals surface area contributed by atoms with Crippen molar-refractivity contribution in [3.8, 4) is 0 Å². The molecule has 3 N–H and O–H groups in total. The predicted octanol–water partition coefficient (Wildman–Crippen LogP) is 2.00. The van der Waals surface area contributed by atoms with E-state index in [1.807, 2.05) is 24.5 Å². The lowest BCUT2D eigenvalue weighted by atomic mass is 10.1. The summed E-state index contributed by atoms with van der Waals surface area (Å²) in [4.78, 5) is 15.1.